The van der Waals surface area contributed by atoms with Crippen molar-refractivity contribution >= 4 is 0 Å². The number of nitrogens with zero attached hydrogens (tertiary/aromatic N) is 8. The molecule has 0 saturated heterocycles. The van der Waals surface area contributed by atoms with E-state index in [0.29, 0.717) is 23.7 Å². The highest BCUT2D eigenvalue weighted by Crippen LogP contribution is 2.06. The quantitative estimate of drug-likeness (QED) is 0.144. The summed E-state index contributed by atoms with van der Waals surface area (Å²) in [6, 6.07) is 12.0. The molecule has 0 bridgehead atoms. The summed E-state index contributed by atoms with van der Waals surface area (Å²) in [5, 5.41) is 0. The Morgan fingerprint density at radius 1 is 0.380 bits per heavy atom. The van der Waals surface area contributed by atoms with Gasteiger partial charge in [0.25, 0.3) is 0 Å². The van der Waals surface area contributed by atoms with Gasteiger partial charge in [-0.25, -0.2) is 19.9 Å². The number of rotatable bonds is 10. The normalized spacial score (nSPS) is 10.3. The van der Waals surface area contributed by atoms with Gasteiger partial charge in [0.1, 0.15) is 12.2 Å². The van der Waals surface area contributed by atoms with Crippen LogP contribution in [0.3, 0.4) is 0 Å². The van der Waals surface area contributed by atoms with Crippen molar-refractivity contribution in [2.45, 2.75) is 101 Å². The summed E-state index contributed by atoms with van der Waals surface area (Å²) >= 11 is 0. The lowest BCUT2D eigenvalue weighted by Gasteiger charge is -2.01. The number of hydrogen-bond acceptors (Lipinski definition) is 8. The van der Waals surface area contributed by atoms with E-state index in [1.807, 2.05) is 61.4 Å². The predicted octanol–water partition coefficient (Wildman–Crippen LogP) is 9.59. The molecule has 0 aliphatic heterocycles. The fourth-order valence-corrected chi connectivity index (χ4v) is 4.49. The van der Waals surface area contributed by atoms with E-state index in [4.69, 9.17) is 0 Å². The van der Waals surface area contributed by atoms with Gasteiger partial charge in [-0.3, -0.25) is 19.9 Å². The zero-order valence-corrected chi connectivity index (χ0v) is 32.3. The molecule has 0 saturated carbocycles. The van der Waals surface area contributed by atoms with Gasteiger partial charge in [0, 0.05) is 74.1 Å². The zero-order valence-electron chi connectivity index (χ0n) is 32.3. The van der Waals surface area contributed by atoms with Crippen molar-refractivity contribution in [3.63, 3.8) is 0 Å². The van der Waals surface area contributed by atoms with Gasteiger partial charge >= 0.3 is 0 Å². The van der Waals surface area contributed by atoms with Crippen molar-refractivity contribution in [2.24, 2.45) is 29.6 Å². The van der Waals surface area contributed by atoms with Crippen LogP contribution in [0.2, 0.25) is 0 Å². The van der Waals surface area contributed by atoms with Crippen molar-refractivity contribution in [1.29, 1.82) is 0 Å². The fraction of sp³-hybridized carbons (Fsp3) is 0.476. The van der Waals surface area contributed by atoms with Gasteiger partial charge in [-0.15, -0.1) is 0 Å². The Bertz CT molecular complexity index is 1170. The second-order valence-electron chi connectivity index (χ2n) is 14.3. The van der Waals surface area contributed by atoms with E-state index < -0.39 is 0 Å². The minimum atomic E-state index is 0.641. The number of pyridine rings is 2. The third kappa shape index (κ3) is 25.5. The van der Waals surface area contributed by atoms with Crippen LogP contribution in [0, 0.1) is 29.6 Å². The van der Waals surface area contributed by atoms with Gasteiger partial charge in [-0.1, -0.05) is 81.4 Å². The monoisotopic (exact) mass is 679 g/mol. The molecule has 0 radical (unpaired) electrons. The Balaban J connectivity index is 0.000000312. The lowest BCUT2D eigenvalue weighted by atomic mass is 10.1. The van der Waals surface area contributed by atoms with Gasteiger partial charge in [-0.05, 0) is 90.7 Å². The zero-order chi connectivity index (χ0) is 37.0. The Hall–Kier alpha value is -4.46. The van der Waals surface area contributed by atoms with Gasteiger partial charge in [0.05, 0.1) is 5.69 Å². The minimum Gasteiger partial charge on any atom is -0.264 e. The molecule has 5 aromatic heterocycles. The molecule has 5 heterocycles. The maximum atomic E-state index is 4.22. The molecule has 8 heteroatoms. The predicted molar refractivity (Wildman–Crippen MR) is 207 cm³/mol. The second-order valence-corrected chi connectivity index (χ2v) is 14.3. The summed E-state index contributed by atoms with van der Waals surface area (Å²) in [6.07, 6.45) is 25.0. The van der Waals surface area contributed by atoms with Crippen molar-refractivity contribution < 1.29 is 0 Å². The average molecular weight is 679 g/mol. The van der Waals surface area contributed by atoms with Crippen LogP contribution in [0.15, 0.2) is 105 Å². The molecular formula is C42H62N8. The topological polar surface area (TPSA) is 103 Å². The molecule has 0 fully saturated rings. The first-order valence-electron chi connectivity index (χ1n) is 18.0. The van der Waals surface area contributed by atoms with Crippen LogP contribution in [0.4, 0.5) is 0 Å². The first kappa shape index (κ1) is 43.6. The van der Waals surface area contributed by atoms with Crippen LogP contribution < -0.4 is 0 Å². The van der Waals surface area contributed by atoms with Crippen molar-refractivity contribution in [3.05, 3.63) is 133 Å². The third-order valence-electron chi connectivity index (χ3n) is 6.41. The molecule has 270 valence electrons. The Morgan fingerprint density at radius 3 is 1.40 bits per heavy atom. The molecule has 0 aliphatic carbocycles. The summed E-state index contributed by atoms with van der Waals surface area (Å²) < 4.78 is 0. The largest absolute Gasteiger partial charge is 0.264 e. The van der Waals surface area contributed by atoms with Crippen LogP contribution in [0.1, 0.15) is 97.6 Å². The van der Waals surface area contributed by atoms with Crippen LogP contribution in [-0.2, 0) is 32.1 Å². The van der Waals surface area contributed by atoms with Crippen LogP contribution >= 0.6 is 0 Å². The Labute approximate surface area is 303 Å². The minimum absolute atomic E-state index is 0.641. The molecule has 0 amide bonds. The SMILES string of the molecule is CC(C)Cc1ccccn1.CC(C)Cc1cccnc1.CC(C)Cc1cnccn1.CC(C)Cc1cncnc1.CC(C)Cc1ncccn1. The first-order valence-corrected chi connectivity index (χ1v) is 18.0. The molecular weight excluding hydrogens is 617 g/mol. The van der Waals surface area contributed by atoms with Crippen LogP contribution in [0.5, 0.6) is 0 Å². The Morgan fingerprint density at radius 2 is 0.900 bits per heavy atom. The van der Waals surface area contributed by atoms with E-state index in [9.17, 15) is 0 Å². The molecule has 0 atom stereocenters. The summed E-state index contributed by atoms with van der Waals surface area (Å²) in [6.45, 7) is 21.9. The molecule has 0 aromatic carbocycles. The number of hydrogen-bond donors (Lipinski definition) is 0. The summed E-state index contributed by atoms with van der Waals surface area (Å²) in [7, 11) is 0. The molecule has 0 spiro atoms. The lowest BCUT2D eigenvalue weighted by molar-refractivity contribution is 0.620. The fourth-order valence-electron chi connectivity index (χ4n) is 4.49. The van der Waals surface area contributed by atoms with Crippen molar-refractivity contribution in [3.8, 4) is 0 Å². The van der Waals surface area contributed by atoms with Gasteiger partial charge < -0.3 is 0 Å². The molecule has 50 heavy (non-hydrogen) atoms. The average Bonchev–Trinajstić information content (AvgIpc) is 3.07. The third-order valence-corrected chi connectivity index (χ3v) is 6.41. The van der Waals surface area contributed by atoms with Crippen LogP contribution in [-0.4, -0.2) is 39.9 Å². The van der Waals surface area contributed by atoms with E-state index in [1.165, 1.54) is 16.8 Å². The maximum absolute atomic E-state index is 4.22. The van der Waals surface area contributed by atoms with Crippen molar-refractivity contribution in [2.75, 3.05) is 0 Å². The highest BCUT2D eigenvalue weighted by Gasteiger charge is 1.99. The molecule has 0 unspecified atom stereocenters. The molecule has 8 nitrogen and oxygen atoms in total. The lowest BCUT2D eigenvalue weighted by Crippen LogP contribution is -1.98. The number of aromatic nitrogens is 8. The van der Waals surface area contributed by atoms with Gasteiger partial charge in [0.15, 0.2) is 0 Å². The Kier molecular flexibility index (Phi) is 23.8. The standard InChI is InChI=1S/2C9H13N.3C8H12N2/c1-8(2)6-9-4-3-5-10-7-9;1-8(2)7-9-5-3-4-6-10-9;1-7(2)3-8-4-9-6-10-5-8;1-7(2)5-8-6-9-3-4-10-8;1-7(2)6-8-9-4-3-5-10-8/h3-5,7-8H,6H2,1-2H3;3-6,8H,7H2,1-2H3;4-7H,3H2,1-2H3;3-4,6-7H,5H2,1-2H3;3-5,7H,6H2,1-2H3. The maximum Gasteiger partial charge on any atom is 0.128 e. The summed E-state index contributed by atoms with van der Waals surface area (Å²) in [4.78, 5) is 32.5. The highest BCUT2D eigenvalue weighted by atomic mass is 14.8. The summed E-state index contributed by atoms with van der Waals surface area (Å²) in [5.41, 5.74) is 4.82. The molecule has 5 rings (SSSR count). The smallest absolute Gasteiger partial charge is 0.128 e. The van der Waals surface area contributed by atoms with Gasteiger partial charge in [0.2, 0.25) is 0 Å². The van der Waals surface area contributed by atoms with Gasteiger partial charge in [-0.2, -0.15) is 0 Å². The van der Waals surface area contributed by atoms with Crippen LogP contribution in [0.25, 0.3) is 0 Å². The van der Waals surface area contributed by atoms with E-state index in [2.05, 4.69) is 121 Å². The van der Waals surface area contributed by atoms with E-state index in [1.54, 1.807) is 31.1 Å². The molecule has 5 aromatic rings. The van der Waals surface area contributed by atoms with Crippen molar-refractivity contribution in [1.82, 2.24) is 39.9 Å². The summed E-state index contributed by atoms with van der Waals surface area (Å²) in [5.74, 6) is 4.36. The highest BCUT2D eigenvalue weighted by molar-refractivity contribution is 5.08. The van der Waals surface area contributed by atoms with E-state index in [0.717, 1.165) is 49.5 Å². The first-order chi connectivity index (χ1) is 23.9. The molecule has 0 aliphatic rings. The second kappa shape index (κ2) is 27.4. The van der Waals surface area contributed by atoms with E-state index >= 15 is 0 Å². The molecule has 0 N–H and O–H groups in total. The van der Waals surface area contributed by atoms with E-state index in [-0.39, 0.29) is 0 Å².